The Hall–Kier alpha value is -0.390. The number of ether oxygens (including phenoxy) is 1. The number of aromatic nitrogens is 2. The van der Waals surface area contributed by atoms with Gasteiger partial charge in [0.25, 0.3) is 0 Å². The van der Waals surface area contributed by atoms with Gasteiger partial charge >= 0.3 is 0 Å². The summed E-state index contributed by atoms with van der Waals surface area (Å²) < 4.78 is 8.43. The van der Waals surface area contributed by atoms with Crippen LogP contribution in [-0.4, -0.2) is 36.1 Å². The van der Waals surface area contributed by atoms with Crippen LogP contribution in [0.4, 0.5) is 0 Å². The van der Waals surface area contributed by atoms with Gasteiger partial charge in [-0.3, -0.25) is 4.68 Å². The van der Waals surface area contributed by atoms with Gasteiger partial charge in [0.15, 0.2) is 0 Å². The molecule has 0 aliphatic heterocycles. The van der Waals surface area contributed by atoms with Gasteiger partial charge in [0.05, 0.1) is 29.5 Å². The van der Waals surface area contributed by atoms with Crippen molar-refractivity contribution in [1.82, 2.24) is 15.1 Å². The van der Waals surface area contributed by atoms with Gasteiger partial charge in [-0.1, -0.05) is 13.8 Å². The van der Waals surface area contributed by atoms with E-state index in [9.17, 15) is 0 Å². The molecule has 0 amide bonds. The Labute approximate surface area is 130 Å². The van der Waals surface area contributed by atoms with Crippen molar-refractivity contribution in [1.29, 1.82) is 0 Å². The maximum absolute atomic E-state index is 5.19. The van der Waals surface area contributed by atoms with Crippen molar-refractivity contribution in [3.8, 4) is 0 Å². The number of halogens is 1. The molecule has 3 atom stereocenters. The standard InChI is InChI=1S/C15H26BrN3O/c1-4-7-17-14-6-5-12(11(14)2)15-13(16)10-18-19(15)8-9-20-3/h10-12,14,17H,4-9H2,1-3H3. The quantitative estimate of drug-likeness (QED) is 0.826. The van der Waals surface area contributed by atoms with Gasteiger partial charge < -0.3 is 10.1 Å². The Morgan fingerprint density at radius 2 is 2.30 bits per heavy atom. The first-order valence-electron chi connectivity index (χ1n) is 7.62. The van der Waals surface area contributed by atoms with Crippen molar-refractivity contribution in [2.24, 2.45) is 5.92 Å². The van der Waals surface area contributed by atoms with Gasteiger partial charge in [0.1, 0.15) is 0 Å². The van der Waals surface area contributed by atoms with Crippen LogP contribution < -0.4 is 5.32 Å². The molecule has 1 N–H and O–H groups in total. The minimum Gasteiger partial charge on any atom is -0.383 e. The summed E-state index contributed by atoms with van der Waals surface area (Å²) in [4.78, 5) is 0. The molecule has 0 saturated heterocycles. The van der Waals surface area contributed by atoms with E-state index < -0.39 is 0 Å². The lowest BCUT2D eigenvalue weighted by molar-refractivity contribution is 0.181. The van der Waals surface area contributed by atoms with Crippen LogP contribution in [0.25, 0.3) is 0 Å². The third kappa shape index (κ3) is 3.43. The van der Waals surface area contributed by atoms with Gasteiger partial charge in [-0.25, -0.2) is 0 Å². The molecule has 0 bridgehead atoms. The summed E-state index contributed by atoms with van der Waals surface area (Å²) >= 11 is 3.67. The molecule has 1 saturated carbocycles. The zero-order valence-electron chi connectivity index (χ0n) is 12.7. The van der Waals surface area contributed by atoms with Crippen molar-refractivity contribution in [3.05, 3.63) is 16.4 Å². The number of hydrogen-bond acceptors (Lipinski definition) is 3. The van der Waals surface area contributed by atoms with Gasteiger partial charge in [-0.05, 0) is 47.7 Å². The second-order valence-electron chi connectivity index (χ2n) is 5.70. The van der Waals surface area contributed by atoms with E-state index in [1.165, 1.54) is 25.0 Å². The Morgan fingerprint density at radius 1 is 1.50 bits per heavy atom. The topological polar surface area (TPSA) is 39.1 Å². The number of methoxy groups -OCH3 is 1. The first-order valence-corrected chi connectivity index (χ1v) is 8.41. The fourth-order valence-electron chi connectivity index (χ4n) is 3.27. The lowest BCUT2D eigenvalue weighted by Crippen LogP contribution is -2.33. The fourth-order valence-corrected chi connectivity index (χ4v) is 3.86. The fraction of sp³-hybridized carbons (Fsp3) is 0.800. The van der Waals surface area contributed by atoms with Crippen molar-refractivity contribution in [2.45, 2.75) is 51.6 Å². The minimum atomic E-state index is 0.582. The Bertz CT molecular complexity index is 421. The summed E-state index contributed by atoms with van der Waals surface area (Å²) in [6, 6.07) is 0.637. The van der Waals surface area contributed by atoms with Crippen LogP contribution in [0.1, 0.15) is 44.7 Å². The smallest absolute Gasteiger partial charge is 0.0658 e. The molecule has 1 aromatic heterocycles. The SMILES string of the molecule is CCCNC1CCC(c2c(Br)cnn2CCOC)C1C. The highest BCUT2D eigenvalue weighted by Gasteiger charge is 2.36. The third-order valence-corrected chi connectivity index (χ3v) is 5.02. The van der Waals surface area contributed by atoms with Crippen LogP contribution in [0.2, 0.25) is 0 Å². The number of nitrogens with zero attached hydrogens (tertiary/aromatic N) is 2. The largest absolute Gasteiger partial charge is 0.383 e. The Balaban J connectivity index is 2.09. The first kappa shape index (κ1) is 16.0. The zero-order valence-corrected chi connectivity index (χ0v) is 14.3. The first-order chi connectivity index (χ1) is 9.69. The molecule has 1 heterocycles. The van der Waals surface area contributed by atoms with Crippen molar-refractivity contribution >= 4 is 15.9 Å². The maximum Gasteiger partial charge on any atom is 0.0658 e. The zero-order chi connectivity index (χ0) is 14.5. The summed E-state index contributed by atoms with van der Waals surface area (Å²) in [5, 5.41) is 8.17. The molecule has 1 fully saturated rings. The Kier molecular flexibility index (Phi) is 6.05. The maximum atomic E-state index is 5.19. The highest BCUT2D eigenvalue weighted by Crippen LogP contribution is 2.42. The second kappa shape index (κ2) is 7.57. The molecule has 2 rings (SSSR count). The van der Waals surface area contributed by atoms with Gasteiger partial charge in [-0.2, -0.15) is 5.10 Å². The van der Waals surface area contributed by atoms with E-state index in [-0.39, 0.29) is 0 Å². The number of rotatable bonds is 7. The summed E-state index contributed by atoms with van der Waals surface area (Å²) in [5.41, 5.74) is 1.34. The molecule has 5 heteroatoms. The van der Waals surface area contributed by atoms with E-state index in [1.807, 2.05) is 6.20 Å². The van der Waals surface area contributed by atoms with Crippen molar-refractivity contribution in [2.75, 3.05) is 20.3 Å². The van der Waals surface area contributed by atoms with E-state index in [0.717, 1.165) is 17.6 Å². The van der Waals surface area contributed by atoms with E-state index >= 15 is 0 Å². The van der Waals surface area contributed by atoms with E-state index in [0.29, 0.717) is 24.5 Å². The molecule has 1 aromatic rings. The summed E-state index contributed by atoms with van der Waals surface area (Å²) in [6.45, 7) is 7.24. The average molecular weight is 344 g/mol. The summed E-state index contributed by atoms with van der Waals surface area (Å²) in [5.74, 6) is 1.23. The minimum absolute atomic E-state index is 0.582. The van der Waals surface area contributed by atoms with E-state index in [4.69, 9.17) is 4.74 Å². The molecule has 1 aliphatic carbocycles. The highest BCUT2D eigenvalue weighted by molar-refractivity contribution is 9.10. The molecule has 20 heavy (non-hydrogen) atoms. The predicted octanol–water partition coefficient (Wildman–Crippen LogP) is 3.17. The normalized spacial score (nSPS) is 26.3. The third-order valence-electron chi connectivity index (χ3n) is 4.41. The van der Waals surface area contributed by atoms with Crippen LogP contribution in [-0.2, 0) is 11.3 Å². The monoisotopic (exact) mass is 343 g/mol. The molecule has 114 valence electrons. The lowest BCUT2D eigenvalue weighted by atomic mass is 9.92. The van der Waals surface area contributed by atoms with E-state index in [1.54, 1.807) is 7.11 Å². The highest BCUT2D eigenvalue weighted by atomic mass is 79.9. The molecule has 1 aliphatic rings. The summed E-state index contributed by atoms with van der Waals surface area (Å²) in [7, 11) is 1.74. The van der Waals surface area contributed by atoms with Gasteiger partial charge in [0.2, 0.25) is 0 Å². The molecule has 3 unspecified atom stereocenters. The van der Waals surface area contributed by atoms with Crippen LogP contribution in [0, 0.1) is 5.92 Å². The van der Waals surface area contributed by atoms with Crippen molar-refractivity contribution in [3.63, 3.8) is 0 Å². The molecular formula is C15H26BrN3O. The Morgan fingerprint density at radius 3 is 3.00 bits per heavy atom. The predicted molar refractivity (Wildman–Crippen MR) is 85.0 cm³/mol. The molecule has 0 aromatic carbocycles. The number of hydrogen-bond donors (Lipinski definition) is 1. The lowest BCUT2D eigenvalue weighted by Gasteiger charge is -2.23. The van der Waals surface area contributed by atoms with Gasteiger partial charge in [-0.15, -0.1) is 0 Å². The molecule has 4 nitrogen and oxygen atoms in total. The summed E-state index contributed by atoms with van der Waals surface area (Å²) in [6.07, 6.45) is 5.61. The second-order valence-corrected chi connectivity index (χ2v) is 6.55. The molecular weight excluding hydrogens is 318 g/mol. The van der Waals surface area contributed by atoms with Crippen molar-refractivity contribution < 1.29 is 4.74 Å². The van der Waals surface area contributed by atoms with Crippen LogP contribution in [0.15, 0.2) is 10.7 Å². The number of nitrogens with one attached hydrogen (secondary N) is 1. The average Bonchev–Trinajstić information content (AvgIpc) is 2.97. The van der Waals surface area contributed by atoms with Crippen LogP contribution >= 0.6 is 15.9 Å². The molecule has 0 radical (unpaired) electrons. The van der Waals surface area contributed by atoms with Crippen LogP contribution in [0.3, 0.4) is 0 Å². The van der Waals surface area contributed by atoms with Crippen LogP contribution in [0.5, 0.6) is 0 Å². The van der Waals surface area contributed by atoms with Gasteiger partial charge in [0, 0.05) is 19.1 Å². The molecule has 0 spiro atoms. The van der Waals surface area contributed by atoms with E-state index in [2.05, 4.69) is 44.9 Å².